The van der Waals surface area contributed by atoms with Gasteiger partial charge in [-0.15, -0.1) is 0 Å². The molecule has 19 heavy (non-hydrogen) atoms. The van der Waals surface area contributed by atoms with Crippen LogP contribution >= 0.6 is 11.6 Å². The van der Waals surface area contributed by atoms with E-state index in [4.69, 9.17) is 17.3 Å². The quantitative estimate of drug-likeness (QED) is 0.823. The average Bonchev–Trinajstić information content (AvgIpc) is 2.37. The van der Waals surface area contributed by atoms with Crippen LogP contribution in [0.2, 0.25) is 5.02 Å². The van der Waals surface area contributed by atoms with Crippen LogP contribution in [-0.2, 0) is 7.05 Å². The maximum absolute atomic E-state index is 12.0. The molecular formula is C13H12ClN3O2. The number of pyridine rings is 1. The first kappa shape index (κ1) is 13.2. The summed E-state index contributed by atoms with van der Waals surface area (Å²) in [5.41, 5.74) is 6.62. The van der Waals surface area contributed by atoms with Gasteiger partial charge in [0.1, 0.15) is 0 Å². The van der Waals surface area contributed by atoms with Crippen LogP contribution in [0.5, 0.6) is 0 Å². The van der Waals surface area contributed by atoms with E-state index in [2.05, 4.69) is 5.32 Å². The Morgan fingerprint density at radius 2 is 2.05 bits per heavy atom. The number of hydrogen-bond donors (Lipinski definition) is 2. The number of para-hydroxylation sites is 1. The molecule has 5 nitrogen and oxygen atoms in total. The Hall–Kier alpha value is -2.27. The van der Waals surface area contributed by atoms with Gasteiger partial charge in [-0.25, -0.2) is 0 Å². The number of aryl methyl sites for hydroxylation is 1. The van der Waals surface area contributed by atoms with Crippen molar-refractivity contribution in [3.8, 4) is 0 Å². The van der Waals surface area contributed by atoms with Gasteiger partial charge in [0.15, 0.2) is 0 Å². The Labute approximate surface area is 114 Å². The van der Waals surface area contributed by atoms with Crippen LogP contribution in [-0.4, -0.2) is 10.5 Å². The maximum Gasteiger partial charge on any atom is 0.257 e. The summed E-state index contributed by atoms with van der Waals surface area (Å²) < 4.78 is 1.37. The van der Waals surface area contributed by atoms with Crippen molar-refractivity contribution >= 4 is 28.9 Å². The normalized spacial score (nSPS) is 10.2. The van der Waals surface area contributed by atoms with Crippen molar-refractivity contribution in [2.45, 2.75) is 0 Å². The fourth-order valence-electron chi connectivity index (χ4n) is 1.60. The second kappa shape index (κ2) is 5.16. The fourth-order valence-corrected chi connectivity index (χ4v) is 1.78. The Balaban J connectivity index is 2.28. The lowest BCUT2D eigenvalue weighted by atomic mass is 10.1. The highest BCUT2D eigenvalue weighted by molar-refractivity contribution is 6.34. The number of amides is 1. The Kier molecular flexibility index (Phi) is 3.57. The van der Waals surface area contributed by atoms with Crippen molar-refractivity contribution in [1.29, 1.82) is 0 Å². The molecule has 0 atom stereocenters. The molecule has 0 saturated heterocycles. The van der Waals surface area contributed by atoms with E-state index in [0.29, 0.717) is 16.3 Å². The third kappa shape index (κ3) is 2.77. The van der Waals surface area contributed by atoms with Gasteiger partial charge in [0.05, 0.1) is 22.0 Å². The number of nitrogens with two attached hydrogens (primary N) is 1. The minimum Gasteiger partial charge on any atom is -0.397 e. The number of hydrogen-bond acceptors (Lipinski definition) is 3. The minimum atomic E-state index is -0.376. The van der Waals surface area contributed by atoms with Crippen molar-refractivity contribution < 1.29 is 4.79 Å². The van der Waals surface area contributed by atoms with Crippen LogP contribution in [0, 0.1) is 0 Å². The van der Waals surface area contributed by atoms with Crippen LogP contribution in [0.25, 0.3) is 0 Å². The molecule has 98 valence electrons. The number of rotatable bonds is 2. The number of carbonyl (C=O) groups is 1. The fraction of sp³-hybridized carbons (Fsp3) is 0.0769. The van der Waals surface area contributed by atoms with E-state index >= 15 is 0 Å². The van der Waals surface area contributed by atoms with E-state index in [1.807, 2.05) is 0 Å². The first-order chi connectivity index (χ1) is 8.99. The zero-order valence-electron chi connectivity index (χ0n) is 10.2. The molecule has 0 bridgehead atoms. The van der Waals surface area contributed by atoms with E-state index in [1.165, 1.54) is 22.9 Å². The molecule has 6 heteroatoms. The molecule has 0 aliphatic heterocycles. The van der Waals surface area contributed by atoms with Gasteiger partial charge >= 0.3 is 0 Å². The van der Waals surface area contributed by atoms with Crippen LogP contribution < -0.4 is 16.6 Å². The molecule has 1 aromatic heterocycles. The second-order valence-electron chi connectivity index (χ2n) is 4.02. The van der Waals surface area contributed by atoms with Crippen LogP contribution in [0.3, 0.4) is 0 Å². The molecule has 0 fully saturated rings. The maximum atomic E-state index is 12.0. The number of benzene rings is 1. The van der Waals surface area contributed by atoms with E-state index in [1.54, 1.807) is 25.2 Å². The average molecular weight is 278 g/mol. The zero-order chi connectivity index (χ0) is 14.0. The van der Waals surface area contributed by atoms with Crippen molar-refractivity contribution in [3.05, 3.63) is 57.5 Å². The molecule has 0 aliphatic rings. The SMILES string of the molecule is Cn1cc(NC(=O)c2cccc(Cl)c2N)ccc1=O. The van der Waals surface area contributed by atoms with E-state index < -0.39 is 0 Å². The zero-order valence-corrected chi connectivity index (χ0v) is 10.9. The second-order valence-corrected chi connectivity index (χ2v) is 4.43. The standard InChI is InChI=1S/C13H12ClN3O2/c1-17-7-8(5-6-11(17)18)16-13(19)9-3-2-4-10(14)12(9)15/h2-7H,15H2,1H3,(H,16,19). The van der Waals surface area contributed by atoms with Gasteiger partial charge in [0, 0.05) is 19.3 Å². The van der Waals surface area contributed by atoms with Gasteiger partial charge in [-0.05, 0) is 18.2 Å². The van der Waals surface area contributed by atoms with E-state index in [0.717, 1.165) is 0 Å². The Morgan fingerprint density at radius 1 is 1.32 bits per heavy atom. The molecule has 2 aromatic rings. The summed E-state index contributed by atoms with van der Waals surface area (Å²) in [5.74, 6) is -0.376. The lowest BCUT2D eigenvalue weighted by molar-refractivity contribution is 0.102. The monoisotopic (exact) mass is 277 g/mol. The highest BCUT2D eigenvalue weighted by Gasteiger charge is 2.12. The smallest absolute Gasteiger partial charge is 0.257 e. The topological polar surface area (TPSA) is 77.1 Å². The van der Waals surface area contributed by atoms with Crippen molar-refractivity contribution in [2.24, 2.45) is 7.05 Å². The molecule has 1 heterocycles. The summed E-state index contributed by atoms with van der Waals surface area (Å²) in [6, 6.07) is 7.74. The number of aromatic nitrogens is 1. The molecular weight excluding hydrogens is 266 g/mol. The van der Waals surface area contributed by atoms with Crippen LogP contribution in [0.1, 0.15) is 10.4 Å². The molecule has 0 unspecified atom stereocenters. The highest BCUT2D eigenvalue weighted by Crippen LogP contribution is 2.23. The molecule has 1 aromatic carbocycles. The lowest BCUT2D eigenvalue weighted by Gasteiger charge is -2.09. The van der Waals surface area contributed by atoms with Gasteiger partial charge in [-0.3, -0.25) is 9.59 Å². The first-order valence-electron chi connectivity index (χ1n) is 5.51. The molecule has 0 radical (unpaired) electrons. The molecule has 0 aliphatic carbocycles. The number of carbonyl (C=O) groups excluding carboxylic acids is 1. The largest absolute Gasteiger partial charge is 0.397 e. The predicted octanol–water partition coefficient (Wildman–Crippen LogP) is 1.87. The predicted molar refractivity (Wildman–Crippen MR) is 75.5 cm³/mol. The summed E-state index contributed by atoms with van der Waals surface area (Å²) in [5, 5.41) is 2.98. The molecule has 0 saturated carbocycles. The van der Waals surface area contributed by atoms with Crippen molar-refractivity contribution in [2.75, 3.05) is 11.1 Å². The third-order valence-corrected chi connectivity index (χ3v) is 2.97. The summed E-state index contributed by atoms with van der Waals surface area (Å²) in [6.45, 7) is 0. The number of halogens is 1. The van der Waals surface area contributed by atoms with E-state index in [9.17, 15) is 9.59 Å². The van der Waals surface area contributed by atoms with Gasteiger partial charge in [0.2, 0.25) is 5.56 Å². The van der Waals surface area contributed by atoms with Crippen molar-refractivity contribution in [1.82, 2.24) is 4.57 Å². The van der Waals surface area contributed by atoms with E-state index in [-0.39, 0.29) is 17.2 Å². The number of nitrogens with zero attached hydrogens (tertiary/aromatic N) is 1. The summed E-state index contributed by atoms with van der Waals surface area (Å²) >= 11 is 5.86. The Bertz CT molecular complexity index is 695. The number of nitrogen functional groups attached to an aromatic ring is 1. The van der Waals surface area contributed by atoms with Gasteiger partial charge in [-0.1, -0.05) is 17.7 Å². The Morgan fingerprint density at radius 3 is 2.74 bits per heavy atom. The lowest BCUT2D eigenvalue weighted by Crippen LogP contribution is -2.18. The third-order valence-electron chi connectivity index (χ3n) is 2.64. The summed E-state index contributed by atoms with van der Waals surface area (Å²) in [4.78, 5) is 23.3. The molecule has 0 spiro atoms. The molecule has 1 amide bonds. The van der Waals surface area contributed by atoms with Gasteiger partial charge < -0.3 is 15.6 Å². The molecule has 2 rings (SSSR count). The highest BCUT2D eigenvalue weighted by atomic mass is 35.5. The number of anilines is 2. The van der Waals surface area contributed by atoms with Crippen LogP contribution in [0.4, 0.5) is 11.4 Å². The summed E-state index contributed by atoms with van der Waals surface area (Å²) in [7, 11) is 1.60. The van der Waals surface area contributed by atoms with Crippen LogP contribution in [0.15, 0.2) is 41.3 Å². The number of nitrogens with one attached hydrogen (secondary N) is 1. The minimum absolute atomic E-state index is 0.153. The summed E-state index contributed by atoms with van der Waals surface area (Å²) in [6.07, 6.45) is 1.53. The van der Waals surface area contributed by atoms with Crippen molar-refractivity contribution in [3.63, 3.8) is 0 Å². The van der Waals surface area contributed by atoms with Gasteiger partial charge in [-0.2, -0.15) is 0 Å². The van der Waals surface area contributed by atoms with Gasteiger partial charge in [0.25, 0.3) is 5.91 Å². The molecule has 3 N–H and O–H groups in total. The first-order valence-corrected chi connectivity index (χ1v) is 5.89.